The fraction of sp³-hybridized carbons (Fsp3) is 0.500. The van der Waals surface area contributed by atoms with Crippen molar-refractivity contribution in [3.8, 4) is 5.75 Å². The van der Waals surface area contributed by atoms with Crippen LogP contribution in [0.1, 0.15) is 36.0 Å². The fourth-order valence-electron chi connectivity index (χ4n) is 2.09. The Morgan fingerprint density at radius 1 is 1.50 bits per heavy atom. The summed E-state index contributed by atoms with van der Waals surface area (Å²) in [4.78, 5) is 0. The van der Waals surface area contributed by atoms with Crippen molar-refractivity contribution in [1.29, 1.82) is 0 Å². The molecule has 0 fully saturated rings. The molecule has 0 spiro atoms. The molecule has 0 aliphatic carbocycles. The lowest BCUT2D eigenvalue weighted by molar-refractivity contribution is 0.268. The second-order valence-corrected chi connectivity index (χ2v) is 3.92. The molecule has 0 amide bonds. The van der Waals surface area contributed by atoms with E-state index in [1.807, 2.05) is 6.07 Å². The minimum Gasteiger partial charge on any atom is -0.492 e. The summed E-state index contributed by atoms with van der Waals surface area (Å²) in [7, 11) is 0. The Hall–Kier alpha value is -1.02. The highest BCUT2D eigenvalue weighted by molar-refractivity contribution is 5.48. The Morgan fingerprint density at radius 3 is 2.93 bits per heavy atom. The van der Waals surface area contributed by atoms with Gasteiger partial charge in [-0.3, -0.25) is 0 Å². The molecule has 0 saturated carbocycles. The predicted octanol–water partition coefficient (Wildman–Crippen LogP) is 2.37. The number of hydrogen-bond donors (Lipinski definition) is 1. The minimum absolute atomic E-state index is 0.0699. The van der Waals surface area contributed by atoms with Gasteiger partial charge in [-0.05, 0) is 13.3 Å². The Kier molecular flexibility index (Phi) is 2.46. The Balaban J connectivity index is 2.50. The Morgan fingerprint density at radius 2 is 2.29 bits per heavy atom. The second kappa shape index (κ2) is 3.62. The number of aliphatic hydroxyl groups excluding tert-OH is 1. The van der Waals surface area contributed by atoms with Gasteiger partial charge in [-0.25, -0.2) is 0 Å². The van der Waals surface area contributed by atoms with Crippen molar-refractivity contribution in [3.05, 3.63) is 28.8 Å². The van der Waals surface area contributed by atoms with Crippen molar-refractivity contribution in [3.63, 3.8) is 0 Å². The zero-order chi connectivity index (χ0) is 10.1. The molecule has 2 rings (SSSR count). The van der Waals surface area contributed by atoms with Crippen LogP contribution in [0.15, 0.2) is 12.1 Å². The quantitative estimate of drug-likeness (QED) is 0.779. The van der Waals surface area contributed by atoms with Crippen LogP contribution >= 0.6 is 0 Å². The zero-order valence-electron chi connectivity index (χ0n) is 8.71. The summed E-state index contributed by atoms with van der Waals surface area (Å²) in [5, 5.41) is 9.21. The van der Waals surface area contributed by atoms with Gasteiger partial charge in [0.15, 0.2) is 0 Å². The molecule has 0 saturated heterocycles. The van der Waals surface area contributed by atoms with E-state index in [0.717, 1.165) is 24.3 Å². The first kappa shape index (κ1) is 9.53. The largest absolute Gasteiger partial charge is 0.492 e. The van der Waals surface area contributed by atoms with E-state index in [0.29, 0.717) is 5.92 Å². The number of fused-ring (bicyclic) bond motifs is 1. The molecule has 1 aromatic carbocycles. The van der Waals surface area contributed by atoms with E-state index < -0.39 is 0 Å². The van der Waals surface area contributed by atoms with Crippen LogP contribution in [-0.4, -0.2) is 11.7 Å². The third-order valence-corrected chi connectivity index (χ3v) is 2.87. The third kappa shape index (κ3) is 1.40. The molecule has 1 N–H and O–H groups in total. The van der Waals surface area contributed by atoms with E-state index in [9.17, 15) is 5.11 Å². The monoisotopic (exact) mass is 192 g/mol. The first-order chi connectivity index (χ1) is 6.76. The first-order valence-electron chi connectivity index (χ1n) is 5.13. The van der Waals surface area contributed by atoms with Crippen molar-refractivity contribution in [1.82, 2.24) is 0 Å². The lowest BCUT2D eigenvalue weighted by Crippen LogP contribution is -1.97. The highest BCUT2D eigenvalue weighted by atomic mass is 16.5. The molecular weight excluding hydrogens is 176 g/mol. The molecule has 76 valence electrons. The van der Waals surface area contributed by atoms with Gasteiger partial charge < -0.3 is 9.84 Å². The molecular formula is C12H16O2. The molecule has 2 heteroatoms. The number of benzene rings is 1. The normalized spacial score (nSPS) is 19.2. The van der Waals surface area contributed by atoms with Crippen molar-refractivity contribution >= 4 is 0 Å². The van der Waals surface area contributed by atoms with Crippen molar-refractivity contribution in [2.24, 2.45) is 0 Å². The zero-order valence-corrected chi connectivity index (χ0v) is 8.71. The van der Waals surface area contributed by atoms with Gasteiger partial charge >= 0.3 is 0 Å². The molecule has 1 unspecified atom stereocenters. The molecule has 14 heavy (non-hydrogen) atoms. The number of aryl methyl sites for hydroxylation is 1. The van der Waals surface area contributed by atoms with Gasteiger partial charge in [-0.15, -0.1) is 0 Å². The number of hydrogen-bond acceptors (Lipinski definition) is 2. The van der Waals surface area contributed by atoms with Crippen LogP contribution in [0, 0.1) is 6.92 Å². The Labute approximate surface area is 84.5 Å². The summed E-state index contributed by atoms with van der Waals surface area (Å²) < 4.78 is 5.62. The van der Waals surface area contributed by atoms with Crippen LogP contribution in [0.25, 0.3) is 0 Å². The highest BCUT2D eigenvalue weighted by Crippen LogP contribution is 2.39. The Bertz CT molecular complexity index is 344. The summed E-state index contributed by atoms with van der Waals surface area (Å²) in [6, 6.07) is 4.17. The van der Waals surface area contributed by atoms with E-state index in [1.165, 1.54) is 11.1 Å². The first-order valence-corrected chi connectivity index (χ1v) is 5.13. The van der Waals surface area contributed by atoms with E-state index in [2.05, 4.69) is 19.9 Å². The average Bonchev–Trinajstić information content (AvgIpc) is 2.59. The van der Waals surface area contributed by atoms with E-state index in [-0.39, 0.29) is 6.61 Å². The maximum atomic E-state index is 9.21. The number of aliphatic hydroxyl groups is 1. The summed E-state index contributed by atoms with van der Waals surface area (Å²) in [6.07, 6.45) is 1.10. The smallest absolute Gasteiger partial charge is 0.128 e. The third-order valence-electron chi connectivity index (χ3n) is 2.87. The van der Waals surface area contributed by atoms with Crippen molar-refractivity contribution in [2.45, 2.75) is 32.8 Å². The van der Waals surface area contributed by atoms with Crippen molar-refractivity contribution < 1.29 is 9.84 Å². The van der Waals surface area contributed by atoms with Gasteiger partial charge in [0.05, 0.1) is 13.2 Å². The van der Waals surface area contributed by atoms with E-state index in [4.69, 9.17) is 4.74 Å². The van der Waals surface area contributed by atoms with Crippen LogP contribution in [-0.2, 0) is 6.61 Å². The maximum Gasteiger partial charge on any atom is 0.128 e. The minimum atomic E-state index is 0.0699. The second-order valence-electron chi connectivity index (χ2n) is 3.92. The van der Waals surface area contributed by atoms with Crippen LogP contribution in [0.2, 0.25) is 0 Å². The molecule has 0 radical (unpaired) electrons. The lowest BCUT2D eigenvalue weighted by atomic mass is 9.95. The summed E-state index contributed by atoms with van der Waals surface area (Å²) in [5.41, 5.74) is 3.41. The van der Waals surface area contributed by atoms with Gasteiger partial charge in [0.2, 0.25) is 0 Å². The highest BCUT2D eigenvalue weighted by Gasteiger charge is 2.25. The molecule has 1 atom stereocenters. The average molecular weight is 192 g/mol. The predicted molar refractivity (Wildman–Crippen MR) is 55.6 cm³/mol. The lowest BCUT2D eigenvalue weighted by Gasteiger charge is -2.08. The topological polar surface area (TPSA) is 29.5 Å². The molecule has 1 aromatic rings. The van der Waals surface area contributed by atoms with Crippen molar-refractivity contribution in [2.75, 3.05) is 6.61 Å². The fourth-order valence-corrected chi connectivity index (χ4v) is 2.09. The maximum absolute atomic E-state index is 9.21. The molecule has 0 bridgehead atoms. The number of rotatable bonds is 2. The van der Waals surface area contributed by atoms with Crippen LogP contribution in [0.3, 0.4) is 0 Å². The van der Waals surface area contributed by atoms with Gasteiger partial charge in [0, 0.05) is 17.0 Å². The van der Waals surface area contributed by atoms with E-state index in [1.54, 1.807) is 0 Å². The van der Waals surface area contributed by atoms with Gasteiger partial charge in [-0.2, -0.15) is 0 Å². The van der Waals surface area contributed by atoms with E-state index >= 15 is 0 Å². The number of ether oxygens (including phenoxy) is 1. The molecule has 1 aliphatic heterocycles. The summed E-state index contributed by atoms with van der Waals surface area (Å²) in [6.45, 7) is 5.07. The molecule has 1 aliphatic rings. The molecule has 1 heterocycles. The van der Waals surface area contributed by atoms with Crippen LogP contribution in [0.5, 0.6) is 5.75 Å². The van der Waals surface area contributed by atoms with Crippen LogP contribution < -0.4 is 4.74 Å². The van der Waals surface area contributed by atoms with Gasteiger partial charge in [-0.1, -0.05) is 24.6 Å². The standard InChI is InChI=1S/C12H16O2/c1-3-9-7-14-12-10(6-13)4-8(2)5-11(9)12/h4-5,9,13H,3,6-7H2,1-2H3. The van der Waals surface area contributed by atoms with Gasteiger partial charge in [0.1, 0.15) is 5.75 Å². The van der Waals surface area contributed by atoms with Gasteiger partial charge in [0.25, 0.3) is 0 Å². The van der Waals surface area contributed by atoms with Crippen LogP contribution in [0.4, 0.5) is 0 Å². The summed E-state index contributed by atoms with van der Waals surface area (Å²) in [5.74, 6) is 1.43. The SMILES string of the molecule is CCC1COc2c(CO)cc(C)cc21. The summed E-state index contributed by atoms with van der Waals surface area (Å²) >= 11 is 0. The molecule has 0 aromatic heterocycles. The molecule has 2 nitrogen and oxygen atoms in total.